The van der Waals surface area contributed by atoms with Crippen LogP contribution in [0.5, 0.6) is 0 Å². The van der Waals surface area contributed by atoms with E-state index in [0.717, 1.165) is 5.56 Å². The number of benzene rings is 2. The number of nitrogens with zero attached hydrogens (tertiary/aromatic N) is 3. The lowest BCUT2D eigenvalue weighted by Crippen LogP contribution is -2.26. The highest BCUT2D eigenvalue weighted by Gasteiger charge is 2.13. The summed E-state index contributed by atoms with van der Waals surface area (Å²) in [4.78, 5) is 28.9. The highest BCUT2D eigenvalue weighted by Crippen LogP contribution is 2.12. The van der Waals surface area contributed by atoms with Crippen LogP contribution in [0.3, 0.4) is 0 Å². The zero-order valence-electron chi connectivity index (χ0n) is 13.7. The smallest absolute Gasteiger partial charge is 0.310 e. The molecule has 1 heterocycles. The summed E-state index contributed by atoms with van der Waals surface area (Å²) in [6, 6.07) is 15.6. The van der Waals surface area contributed by atoms with Crippen LogP contribution in [0.15, 0.2) is 53.3 Å². The van der Waals surface area contributed by atoms with Gasteiger partial charge < -0.3 is 4.74 Å². The zero-order chi connectivity index (χ0) is 18.5. The van der Waals surface area contributed by atoms with Gasteiger partial charge in [0.1, 0.15) is 13.2 Å². The monoisotopic (exact) mass is 367 g/mol. The summed E-state index contributed by atoms with van der Waals surface area (Å²) < 4.78 is 6.47. The Morgan fingerprint density at radius 3 is 2.65 bits per heavy atom. The summed E-state index contributed by atoms with van der Waals surface area (Å²) in [5.74, 6) is -0.224. The molecule has 0 bridgehead atoms. The van der Waals surface area contributed by atoms with Gasteiger partial charge in [-0.2, -0.15) is 5.26 Å². The van der Waals surface area contributed by atoms with Crippen molar-refractivity contribution >= 4 is 28.5 Å². The van der Waals surface area contributed by atoms with Crippen molar-refractivity contribution in [3.63, 3.8) is 0 Å². The quantitative estimate of drug-likeness (QED) is 0.647. The maximum Gasteiger partial charge on any atom is 0.310 e. The van der Waals surface area contributed by atoms with E-state index >= 15 is 0 Å². The number of rotatable bonds is 5. The molecule has 0 amide bonds. The number of esters is 1. The third-order valence-electron chi connectivity index (χ3n) is 3.79. The topological polar surface area (TPSA) is 85.0 Å². The van der Waals surface area contributed by atoms with Gasteiger partial charge in [0, 0.05) is 5.02 Å². The molecule has 0 saturated heterocycles. The molecule has 0 unspecified atom stereocenters. The number of nitriles is 1. The van der Waals surface area contributed by atoms with Gasteiger partial charge in [0.15, 0.2) is 5.82 Å². The molecule has 0 N–H and O–H groups in total. The third kappa shape index (κ3) is 3.90. The normalized spacial score (nSPS) is 10.5. The molecular weight excluding hydrogens is 354 g/mol. The molecule has 1 aromatic heterocycles. The number of carbonyl (C=O) groups excluding carboxylic acids is 1. The molecule has 3 aromatic rings. The van der Waals surface area contributed by atoms with Crippen LogP contribution < -0.4 is 5.56 Å². The van der Waals surface area contributed by atoms with E-state index in [1.54, 1.807) is 48.5 Å². The first-order valence-corrected chi connectivity index (χ1v) is 8.22. The van der Waals surface area contributed by atoms with E-state index in [-0.39, 0.29) is 31.0 Å². The average molecular weight is 368 g/mol. The van der Waals surface area contributed by atoms with Gasteiger partial charge in [0.2, 0.25) is 0 Å². The van der Waals surface area contributed by atoms with E-state index in [2.05, 4.69) is 4.98 Å². The lowest BCUT2D eigenvalue weighted by atomic mass is 10.1. The van der Waals surface area contributed by atoms with Crippen LogP contribution in [0.2, 0.25) is 5.02 Å². The molecule has 0 spiro atoms. The Hall–Kier alpha value is -3.17. The Kier molecular flexibility index (Phi) is 5.30. The molecule has 130 valence electrons. The second kappa shape index (κ2) is 7.81. The third-order valence-corrected chi connectivity index (χ3v) is 4.05. The van der Waals surface area contributed by atoms with Crippen molar-refractivity contribution < 1.29 is 9.53 Å². The number of para-hydroxylation sites is 1. The van der Waals surface area contributed by atoms with Gasteiger partial charge in [-0.05, 0) is 29.8 Å². The van der Waals surface area contributed by atoms with Crippen LogP contribution >= 0.6 is 11.6 Å². The van der Waals surface area contributed by atoms with Crippen LogP contribution in [-0.2, 0) is 29.1 Å². The lowest BCUT2D eigenvalue weighted by molar-refractivity contribution is -0.144. The summed E-state index contributed by atoms with van der Waals surface area (Å²) in [6.45, 7) is -0.352. The fourth-order valence-electron chi connectivity index (χ4n) is 2.52. The van der Waals surface area contributed by atoms with Crippen molar-refractivity contribution in [1.82, 2.24) is 9.55 Å². The van der Waals surface area contributed by atoms with Gasteiger partial charge in [-0.1, -0.05) is 35.9 Å². The maximum absolute atomic E-state index is 12.5. The summed E-state index contributed by atoms with van der Waals surface area (Å²) in [5, 5.41) is 9.98. The predicted molar refractivity (Wildman–Crippen MR) is 96.6 cm³/mol. The molecule has 0 aliphatic heterocycles. The minimum Gasteiger partial charge on any atom is -0.457 e. The van der Waals surface area contributed by atoms with E-state index in [4.69, 9.17) is 21.6 Å². The molecule has 0 aliphatic rings. The Balaban J connectivity index is 1.80. The molecule has 26 heavy (non-hydrogen) atoms. The van der Waals surface area contributed by atoms with Crippen molar-refractivity contribution in [2.75, 3.05) is 0 Å². The molecule has 0 radical (unpaired) electrons. The van der Waals surface area contributed by atoms with Crippen molar-refractivity contribution in [2.24, 2.45) is 0 Å². The predicted octanol–water partition coefficient (Wildman–Crippen LogP) is 2.86. The molecule has 0 aliphatic carbocycles. The Labute approximate surface area is 154 Å². The first kappa shape index (κ1) is 17.6. The molecule has 6 nitrogen and oxygen atoms in total. The molecule has 0 atom stereocenters. The van der Waals surface area contributed by atoms with Crippen molar-refractivity contribution in [2.45, 2.75) is 19.6 Å². The summed E-state index contributed by atoms with van der Waals surface area (Å²) >= 11 is 5.82. The van der Waals surface area contributed by atoms with Crippen LogP contribution in [-0.4, -0.2) is 15.5 Å². The number of carbonyl (C=O) groups is 1. The number of halogens is 1. The van der Waals surface area contributed by atoms with E-state index in [0.29, 0.717) is 15.9 Å². The van der Waals surface area contributed by atoms with Crippen LogP contribution in [0, 0.1) is 11.3 Å². The second-order valence-electron chi connectivity index (χ2n) is 5.56. The van der Waals surface area contributed by atoms with Crippen LogP contribution in [0.4, 0.5) is 0 Å². The fraction of sp³-hybridized carbons (Fsp3) is 0.158. The van der Waals surface area contributed by atoms with Gasteiger partial charge in [-0.25, -0.2) is 4.98 Å². The van der Waals surface area contributed by atoms with E-state index in [1.807, 2.05) is 6.07 Å². The molecular formula is C19H14ClN3O3. The number of aromatic nitrogens is 2. The molecule has 7 heteroatoms. The summed E-state index contributed by atoms with van der Waals surface area (Å²) in [7, 11) is 0. The molecule has 3 rings (SSSR count). The van der Waals surface area contributed by atoms with Gasteiger partial charge in [-0.15, -0.1) is 0 Å². The number of ether oxygens (including phenoxy) is 1. The summed E-state index contributed by atoms with van der Waals surface area (Å²) in [6.07, 6.45) is 0.0766. The van der Waals surface area contributed by atoms with Crippen LogP contribution in [0.1, 0.15) is 11.4 Å². The van der Waals surface area contributed by atoms with Crippen molar-refractivity contribution in [1.29, 1.82) is 5.26 Å². The van der Waals surface area contributed by atoms with Gasteiger partial charge in [0.25, 0.3) is 5.56 Å². The number of hydrogen-bond donors (Lipinski definition) is 0. The highest BCUT2D eigenvalue weighted by atomic mass is 35.5. The van der Waals surface area contributed by atoms with Gasteiger partial charge in [0.05, 0.1) is 23.4 Å². The van der Waals surface area contributed by atoms with E-state index in [1.165, 1.54) is 4.57 Å². The highest BCUT2D eigenvalue weighted by molar-refractivity contribution is 6.30. The van der Waals surface area contributed by atoms with Gasteiger partial charge >= 0.3 is 5.97 Å². The Morgan fingerprint density at radius 2 is 1.92 bits per heavy atom. The van der Waals surface area contributed by atoms with Gasteiger partial charge in [-0.3, -0.25) is 14.2 Å². The zero-order valence-corrected chi connectivity index (χ0v) is 14.4. The Morgan fingerprint density at radius 1 is 1.19 bits per heavy atom. The lowest BCUT2D eigenvalue weighted by Gasteiger charge is -2.11. The fourth-order valence-corrected chi connectivity index (χ4v) is 2.65. The molecule has 2 aromatic carbocycles. The minimum absolute atomic E-state index is 0.0766. The average Bonchev–Trinajstić information content (AvgIpc) is 2.64. The number of hydrogen-bond acceptors (Lipinski definition) is 5. The van der Waals surface area contributed by atoms with Crippen molar-refractivity contribution in [3.05, 3.63) is 75.3 Å². The van der Waals surface area contributed by atoms with E-state index < -0.39 is 5.97 Å². The van der Waals surface area contributed by atoms with E-state index in [9.17, 15) is 9.59 Å². The minimum atomic E-state index is -0.460. The molecule has 0 saturated carbocycles. The second-order valence-corrected chi connectivity index (χ2v) is 5.99. The first-order chi connectivity index (χ1) is 12.6. The van der Waals surface area contributed by atoms with Crippen molar-refractivity contribution in [3.8, 4) is 6.07 Å². The van der Waals surface area contributed by atoms with Crippen LogP contribution in [0.25, 0.3) is 10.9 Å². The maximum atomic E-state index is 12.5. The number of fused-ring (bicyclic) bond motifs is 1. The Bertz CT molecular complexity index is 1050. The standard InChI is InChI=1S/C19H14ClN3O3/c20-14-7-5-13(6-8-14)11-18(24)26-12-17-22-16-4-2-1-3-15(16)19(25)23(17)10-9-21/h1-8H,10-12H2. The SMILES string of the molecule is N#CCn1c(COC(=O)Cc2ccc(Cl)cc2)nc2ccccc2c1=O. The largest absolute Gasteiger partial charge is 0.457 e. The molecule has 0 fully saturated rings. The first-order valence-electron chi connectivity index (χ1n) is 7.84. The summed E-state index contributed by atoms with van der Waals surface area (Å²) in [5.41, 5.74) is 0.927.